The van der Waals surface area contributed by atoms with Crippen LogP contribution in [0.25, 0.3) is 5.52 Å². The van der Waals surface area contributed by atoms with E-state index in [0.29, 0.717) is 29.1 Å². The monoisotopic (exact) mass is 369 g/mol. The van der Waals surface area contributed by atoms with Gasteiger partial charge in [-0.2, -0.15) is 5.10 Å². The summed E-state index contributed by atoms with van der Waals surface area (Å²) < 4.78 is 6.60. The number of hydrogen-bond acceptors (Lipinski definition) is 5. The van der Waals surface area contributed by atoms with Gasteiger partial charge in [-0.1, -0.05) is 30.3 Å². The Morgan fingerprint density at radius 1 is 1.23 bits per heavy atom. The van der Waals surface area contributed by atoms with E-state index in [2.05, 4.69) is 10.4 Å². The number of hydrogen-bond donors (Lipinski definition) is 1. The number of carbonyl (C=O) groups excluding carboxylic acids is 2. The van der Waals surface area contributed by atoms with Gasteiger partial charge in [0, 0.05) is 17.6 Å². The third kappa shape index (κ3) is 4.43. The van der Waals surface area contributed by atoms with E-state index in [1.807, 2.05) is 30.3 Å². The molecule has 7 heteroatoms. The number of carbonyl (C=O) groups is 2. The van der Waals surface area contributed by atoms with Gasteiger partial charge in [0.1, 0.15) is 5.56 Å². The molecular formula is C19H19N3O3S. The van der Waals surface area contributed by atoms with Crippen LogP contribution in [-0.4, -0.2) is 33.9 Å². The zero-order valence-corrected chi connectivity index (χ0v) is 15.2. The van der Waals surface area contributed by atoms with Crippen molar-refractivity contribution in [1.29, 1.82) is 0 Å². The summed E-state index contributed by atoms with van der Waals surface area (Å²) in [6.45, 7) is 2.05. The number of fused-ring (bicyclic) bond motifs is 1. The molecule has 0 spiro atoms. The first-order valence-electron chi connectivity index (χ1n) is 8.23. The van der Waals surface area contributed by atoms with Crippen LogP contribution in [0.5, 0.6) is 0 Å². The maximum Gasteiger partial charge on any atom is 0.341 e. The van der Waals surface area contributed by atoms with Crippen LogP contribution in [0.4, 0.5) is 5.69 Å². The second kappa shape index (κ2) is 8.53. The second-order valence-corrected chi connectivity index (χ2v) is 6.54. The molecule has 26 heavy (non-hydrogen) atoms. The summed E-state index contributed by atoms with van der Waals surface area (Å²) in [7, 11) is 0. The first-order chi connectivity index (χ1) is 12.7. The molecule has 0 aliphatic heterocycles. The highest BCUT2D eigenvalue weighted by Crippen LogP contribution is 2.18. The van der Waals surface area contributed by atoms with Gasteiger partial charge in [-0.3, -0.25) is 4.79 Å². The van der Waals surface area contributed by atoms with Crippen molar-refractivity contribution in [2.45, 2.75) is 12.7 Å². The van der Waals surface area contributed by atoms with E-state index in [1.165, 1.54) is 11.8 Å². The van der Waals surface area contributed by atoms with Crippen molar-refractivity contribution < 1.29 is 14.3 Å². The van der Waals surface area contributed by atoms with E-state index in [9.17, 15) is 9.59 Å². The van der Waals surface area contributed by atoms with Gasteiger partial charge in [-0.25, -0.2) is 9.31 Å². The van der Waals surface area contributed by atoms with Gasteiger partial charge in [0.05, 0.1) is 24.1 Å². The molecule has 1 amide bonds. The van der Waals surface area contributed by atoms with E-state index in [4.69, 9.17) is 4.74 Å². The predicted octanol–water partition coefficient (Wildman–Crippen LogP) is 3.38. The van der Waals surface area contributed by atoms with Gasteiger partial charge < -0.3 is 10.1 Å². The Labute approximate surface area is 155 Å². The molecule has 0 atom stereocenters. The van der Waals surface area contributed by atoms with Crippen LogP contribution in [-0.2, 0) is 15.3 Å². The fourth-order valence-electron chi connectivity index (χ4n) is 2.46. The number of esters is 1. The maximum absolute atomic E-state index is 12.2. The molecule has 0 fully saturated rings. The molecule has 0 aliphatic carbocycles. The lowest BCUT2D eigenvalue weighted by molar-refractivity contribution is -0.113. The minimum Gasteiger partial charge on any atom is -0.462 e. The lowest BCUT2D eigenvalue weighted by Gasteiger charge is -2.06. The van der Waals surface area contributed by atoms with E-state index < -0.39 is 5.97 Å². The molecule has 1 aromatic carbocycles. The summed E-state index contributed by atoms with van der Waals surface area (Å²) in [5, 5.41) is 6.98. The first kappa shape index (κ1) is 18.0. The molecule has 0 bridgehead atoms. The van der Waals surface area contributed by atoms with Crippen LogP contribution in [0.3, 0.4) is 0 Å². The number of rotatable bonds is 7. The van der Waals surface area contributed by atoms with E-state index >= 15 is 0 Å². The number of aromatic nitrogens is 2. The molecule has 0 unspecified atom stereocenters. The fraction of sp³-hybridized carbons (Fsp3) is 0.211. The van der Waals surface area contributed by atoms with Gasteiger partial charge in [0.15, 0.2) is 0 Å². The van der Waals surface area contributed by atoms with Gasteiger partial charge in [-0.05, 0) is 24.6 Å². The molecular weight excluding hydrogens is 350 g/mol. The number of ether oxygens (including phenoxy) is 1. The van der Waals surface area contributed by atoms with Crippen LogP contribution in [0, 0.1) is 0 Å². The molecule has 3 aromatic rings. The summed E-state index contributed by atoms with van der Waals surface area (Å²) in [4.78, 5) is 24.1. The summed E-state index contributed by atoms with van der Waals surface area (Å²) in [6.07, 6.45) is 3.17. The Bertz CT molecular complexity index is 909. The van der Waals surface area contributed by atoms with Crippen LogP contribution in [0.2, 0.25) is 0 Å². The van der Waals surface area contributed by atoms with E-state index in [0.717, 1.165) is 5.75 Å². The molecule has 6 nitrogen and oxygen atoms in total. The minimum absolute atomic E-state index is 0.0903. The van der Waals surface area contributed by atoms with Crippen molar-refractivity contribution in [1.82, 2.24) is 9.61 Å². The Morgan fingerprint density at radius 2 is 2.04 bits per heavy atom. The SMILES string of the molecule is CCOC(=O)c1cnn2ccc(NC(=O)CSCc3ccccc3)cc12. The first-order valence-corrected chi connectivity index (χ1v) is 9.39. The highest BCUT2D eigenvalue weighted by atomic mass is 32.2. The highest BCUT2D eigenvalue weighted by Gasteiger charge is 2.14. The van der Waals surface area contributed by atoms with Gasteiger partial charge in [-0.15, -0.1) is 11.8 Å². The van der Waals surface area contributed by atoms with Crippen molar-refractivity contribution in [2.75, 3.05) is 17.7 Å². The van der Waals surface area contributed by atoms with Gasteiger partial charge >= 0.3 is 5.97 Å². The number of nitrogens with one attached hydrogen (secondary N) is 1. The van der Waals surface area contributed by atoms with Crippen molar-refractivity contribution in [3.63, 3.8) is 0 Å². The lowest BCUT2D eigenvalue weighted by atomic mass is 10.2. The topological polar surface area (TPSA) is 72.7 Å². The van der Waals surface area contributed by atoms with Crippen LogP contribution in [0.1, 0.15) is 22.8 Å². The minimum atomic E-state index is -0.426. The van der Waals surface area contributed by atoms with Crippen LogP contribution < -0.4 is 5.32 Å². The van der Waals surface area contributed by atoms with Crippen molar-refractivity contribution >= 4 is 34.8 Å². The number of thioether (sulfide) groups is 1. The van der Waals surface area contributed by atoms with Crippen molar-refractivity contribution in [2.24, 2.45) is 0 Å². The lowest BCUT2D eigenvalue weighted by Crippen LogP contribution is -2.14. The average Bonchev–Trinajstić information content (AvgIpc) is 3.06. The molecule has 2 aromatic heterocycles. The normalized spacial score (nSPS) is 10.7. The number of nitrogens with zero attached hydrogens (tertiary/aromatic N) is 2. The Morgan fingerprint density at radius 3 is 2.81 bits per heavy atom. The second-order valence-electron chi connectivity index (χ2n) is 5.55. The van der Waals surface area contributed by atoms with E-state index in [1.54, 1.807) is 41.5 Å². The largest absolute Gasteiger partial charge is 0.462 e. The molecule has 3 rings (SSSR count). The third-order valence-electron chi connectivity index (χ3n) is 3.65. The van der Waals surface area contributed by atoms with E-state index in [-0.39, 0.29) is 5.91 Å². The summed E-state index contributed by atoms with van der Waals surface area (Å²) in [5.74, 6) is 0.615. The molecule has 0 radical (unpaired) electrons. The van der Waals surface area contributed by atoms with Crippen molar-refractivity contribution in [3.8, 4) is 0 Å². The number of amides is 1. The number of pyridine rings is 1. The number of anilines is 1. The average molecular weight is 369 g/mol. The van der Waals surface area contributed by atoms with Gasteiger partial charge in [0.25, 0.3) is 0 Å². The zero-order chi connectivity index (χ0) is 18.4. The third-order valence-corrected chi connectivity index (χ3v) is 4.65. The zero-order valence-electron chi connectivity index (χ0n) is 14.3. The summed E-state index contributed by atoms with van der Waals surface area (Å²) >= 11 is 1.55. The van der Waals surface area contributed by atoms with Gasteiger partial charge in [0.2, 0.25) is 5.91 Å². The smallest absolute Gasteiger partial charge is 0.341 e. The molecule has 1 N–H and O–H groups in total. The summed E-state index contributed by atoms with van der Waals surface area (Å²) in [5.41, 5.74) is 2.78. The Balaban J connectivity index is 1.62. The van der Waals surface area contributed by atoms with Crippen LogP contribution in [0.15, 0.2) is 54.9 Å². The van der Waals surface area contributed by atoms with Crippen LogP contribution >= 0.6 is 11.8 Å². The molecule has 134 valence electrons. The Hall–Kier alpha value is -2.80. The standard InChI is InChI=1S/C19H19N3O3S/c1-2-25-19(24)16-11-20-22-9-8-15(10-17(16)22)21-18(23)13-26-12-14-6-4-3-5-7-14/h3-11H,2,12-13H2,1H3,(H,21,23). The molecule has 2 heterocycles. The maximum atomic E-state index is 12.2. The fourth-order valence-corrected chi connectivity index (χ4v) is 3.25. The number of benzene rings is 1. The molecule has 0 saturated heterocycles. The highest BCUT2D eigenvalue weighted by molar-refractivity contribution is 7.99. The molecule has 0 aliphatic rings. The van der Waals surface area contributed by atoms with Crippen molar-refractivity contribution in [3.05, 3.63) is 66.0 Å². The Kier molecular flexibility index (Phi) is 5.91. The summed E-state index contributed by atoms with van der Waals surface area (Å²) in [6, 6.07) is 13.5. The molecule has 0 saturated carbocycles. The quantitative estimate of drug-likeness (QED) is 0.647. The predicted molar refractivity (Wildman–Crippen MR) is 102 cm³/mol.